The predicted molar refractivity (Wildman–Crippen MR) is 109 cm³/mol. The van der Waals surface area contributed by atoms with E-state index in [1.807, 2.05) is 0 Å². The Morgan fingerprint density at radius 1 is 1.12 bits per heavy atom. The normalized spacial score (nSPS) is 17.5. The number of fused-ring (bicyclic) bond motifs is 1. The van der Waals surface area contributed by atoms with Crippen LogP contribution in [0.15, 0.2) is 36.5 Å². The molecule has 8 nitrogen and oxygen atoms in total. The fraction of sp³-hybridized carbons (Fsp3) is 0.182. The van der Waals surface area contributed by atoms with E-state index in [1.54, 1.807) is 24.4 Å². The van der Waals surface area contributed by atoms with Crippen molar-refractivity contribution in [3.63, 3.8) is 0 Å². The number of urea groups is 1. The van der Waals surface area contributed by atoms with Crippen LogP contribution in [0.5, 0.6) is 17.4 Å². The summed E-state index contributed by atoms with van der Waals surface area (Å²) >= 11 is 0. The van der Waals surface area contributed by atoms with Gasteiger partial charge in [-0.25, -0.2) is 13.6 Å². The molecule has 0 radical (unpaired) electrons. The van der Waals surface area contributed by atoms with Crippen molar-refractivity contribution in [1.29, 1.82) is 0 Å². The first-order valence-electron chi connectivity index (χ1n) is 9.32. The number of aromatic nitrogens is 1. The number of rotatable bonds is 4. The van der Waals surface area contributed by atoms with Crippen molar-refractivity contribution in [3.8, 4) is 29.2 Å². The van der Waals surface area contributed by atoms with Crippen LogP contribution in [0.3, 0.4) is 0 Å². The highest BCUT2D eigenvalue weighted by Gasteiger charge is 2.46. The van der Waals surface area contributed by atoms with Crippen molar-refractivity contribution in [1.82, 2.24) is 15.2 Å². The number of aromatic hydroxyl groups is 1. The highest BCUT2D eigenvalue weighted by Crippen LogP contribution is 2.32. The molecule has 32 heavy (non-hydrogen) atoms. The SMILES string of the molecule is COc1ccc2cn(C[C@@]3(C#Cc4cc(F)c(F)cc4OC)NC(=O)NC3=O)c(O)c2c1. The molecule has 10 heteroatoms. The lowest BCUT2D eigenvalue weighted by Gasteiger charge is -2.21. The van der Waals surface area contributed by atoms with Gasteiger partial charge in [-0.3, -0.25) is 10.1 Å². The van der Waals surface area contributed by atoms with Gasteiger partial charge in [0.1, 0.15) is 11.5 Å². The second-order valence-electron chi connectivity index (χ2n) is 7.06. The second kappa shape index (κ2) is 7.77. The molecule has 3 aromatic rings. The van der Waals surface area contributed by atoms with Gasteiger partial charge in [0.2, 0.25) is 5.54 Å². The van der Waals surface area contributed by atoms with Gasteiger partial charge in [-0.05, 0) is 24.3 Å². The highest BCUT2D eigenvalue weighted by molar-refractivity contribution is 6.09. The number of halogens is 2. The van der Waals surface area contributed by atoms with Gasteiger partial charge in [0.15, 0.2) is 17.5 Å². The zero-order chi connectivity index (χ0) is 23.0. The van der Waals surface area contributed by atoms with Crippen molar-refractivity contribution in [2.45, 2.75) is 12.1 Å². The maximum atomic E-state index is 13.7. The van der Waals surface area contributed by atoms with E-state index in [4.69, 9.17) is 9.47 Å². The summed E-state index contributed by atoms with van der Waals surface area (Å²) in [5, 5.41) is 16.4. The number of carbonyl (C=O) groups is 2. The zero-order valence-electron chi connectivity index (χ0n) is 17.0. The van der Waals surface area contributed by atoms with E-state index in [2.05, 4.69) is 22.5 Å². The molecule has 164 valence electrons. The average molecular weight is 441 g/mol. The minimum atomic E-state index is -1.79. The number of nitrogens with one attached hydrogen (secondary N) is 2. The van der Waals surface area contributed by atoms with Gasteiger partial charge >= 0.3 is 6.03 Å². The van der Waals surface area contributed by atoms with Crippen molar-refractivity contribution in [2.75, 3.05) is 14.2 Å². The van der Waals surface area contributed by atoms with Gasteiger partial charge in [-0.2, -0.15) is 0 Å². The fourth-order valence-electron chi connectivity index (χ4n) is 3.43. The Morgan fingerprint density at radius 2 is 1.88 bits per heavy atom. The maximum Gasteiger partial charge on any atom is 0.323 e. The first kappa shape index (κ1) is 21.0. The Balaban J connectivity index is 1.79. The van der Waals surface area contributed by atoms with Crippen molar-refractivity contribution in [2.24, 2.45) is 0 Å². The largest absolute Gasteiger partial charge is 0.497 e. The molecular formula is C22H17F2N3O5. The van der Waals surface area contributed by atoms with E-state index in [-0.39, 0.29) is 23.7 Å². The molecule has 4 rings (SSSR count). The summed E-state index contributed by atoms with van der Waals surface area (Å²) in [6.07, 6.45) is 1.59. The highest BCUT2D eigenvalue weighted by atomic mass is 19.2. The number of benzene rings is 2. The van der Waals surface area contributed by atoms with Gasteiger partial charge in [0.25, 0.3) is 5.91 Å². The number of carbonyl (C=O) groups excluding carboxylic acids is 2. The maximum absolute atomic E-state index is 13.7. The second-order valence-corrected chi connectivity index (χ2v) is 7.06. The average Bonchev–Trinajstić information content (AvgIpc) is 3.23. The number of imide groups is 1. The quantitative estimate of drug-likeness (QED) is 0.426. The van der Waals surface area contributed by atoms with Crippen LogP contribution in [0.25, 0.3) is 10.8 Å². The summed E-state index contributed by atoms with van der Waals surface area (Å²) in [5.41, 5.74) is -1.81. The Morgan fingerprint density at radius 3 is 2.53 bits per heavy atom. The van der Waals surface area contributed by atoms with Crippen LogP contribution in [-0.4, -0.2) is 41.4 Å². The van der Waals surface area contributed by atoms with Gasteiger partial charge in [-0.1, -0.05) is 11.8 Å². The lowest BCUT2D eigenvalue weighted by atomic mass is 9.99. The third-order valence-corrected chi connectivity index (χ3v) is 5.07. The smallest absolute Gasteiger partial charge is 0.323 e. The van der Waals surface area contributed by atoms with Crippen LogP contribution >= 0.6 is 0 Å². The van der Waals surface area contributed by atoms with Crippen LogP contribution in [-0.2, 0) is 11.3 Å². The van der Waals surface area contributed by atoms with Crippen LogP contribution in [0.1, 0.15) is 5.56 Å². The molecule has 2 heterocycles. The fourth-order valence-corrected chi connectivity index (χ4v) is 3.43. The summed E-state index contributed by atoms with van der Waals surface area (Å²) in [6, 6.07) is 5.94. The summed E-state index contributed by atoms with van der Waals surface area (Å²) in [4.78, 5) is 24.6. The number of amides is 3. The summed E-state index contributed by atoms with van der Waals surface area (Å²) < 4.78 is 38.8. The van der Waals surface area contributed by atoms with Gasteiger partial charge in [-0.15, -0.1) is 0 Å². The Bertz CT molecular complexity index is 1320. The lowest BCUT2D eigenvalue weighted by Crippen LogP contribution is -2.49. The molecule has 0 bridgehead atoms. The molecule has 0 aliphatic carbocycles. The summed E-state index contributed by atoms with van der Waals surface area (Å²) in [5.74, 6) is 2.51. The van der Waals surface area contributed by atoms with Crippen LogP contribution in [0.2, 0.25) is 0 Å². The predicted octanol–water partition coefficient (Wildman–Crippen LogP) is 2.27. The molecule has 0 unspecified atom stereocenters. The molecule has 1 aliphatic heterocycles. The minimum Gasteiger partial charge on any atom is -0.497 e. The first-order chi connectivity index (χ1) is 15.3. The number of ether oxygens (including phenoxy) is 2. The third kappa shape index (κ3) is 3.54. The lowest BCUT2D eigenvalue weighted by molar-refractivity contribution is -0.122. The van der Waals surface area contributed by atoms with Crippen molar-refractivity contribution >= 4 is 22.7 Å². The first-order valence-corrected chi connectivity index (χ1v) is 9.32. The number of nitrogens with zero attached hydrogens (tertiary/aromatic N) is 1. The molecule has 1 fully saturated rings. The molecule has 0 saturated carbocycles. The number of methoxy groups -OCH3 is 2. The molecule has 1 aromatic heterocycles. The molecule has 2 aromatic carbocycles. The Labute approximate surface area is 180 Å². The molecule has 1 aliphatic rings. The summed E-state index contributed by atoms with van der Waals surface area (Å²) in [6.45, 7) is -0.258. The van der Waals surface area contributed by atoms with E-state index in [1.165, 1.54) is 18.8 Å². The standard InChI is InChI=1S/C22H17F2N3O5/c1-31-14-4-3-13-10-27(19(28)15(13)8-14)11-22(20(29)25-21(30)26-22)6-5-12-7-16(23)17(24)9-18(12)32-2/h3-4,7-10,28H,11H2,1-2H3,(H2,25,26,29,30)/t22-/m1/s1. The van der Waals surface area contributed by atoms with E-state index in [0.717, 1.165) is 12.1 Å². The van der Waals surface area contributed by atoms with Crippen LogP contribution < -0.4 is 20.1 Å². The van der Waals surface area contributed by atoms with E-state index in [9.17, 15) is 23.5 Å². The number of hydrogen-bond acceptors (Lipinski definition) is 5. The molecule has 1 saturated heterocycles. The Hall–Kier alpha value is -4.26. The van der Waals surface area contributed by atoms with Gasteiger partial charge in [0, 0.05) is 23.0 Å². The third-order valence-electron chi connectivity index (χ3n) is 5.07. The number of hydrogen-bond donors (Lipinski definition) is 3. The molecular weight excluding hydrogens is 424 g/mol. The van der Waals surface area contributed by atoms with E-state index < -0.39 is 29.1 Å². The Kier molecular flexibility index (Phi) is 5.10. The molecule has 1 atom stereocenters. The van der Waals surface area contributed by atoms with Gasteiger partial charge in [0.05, 0.1) is 26.3 Å². The van der Waals surface area contributed by atoms with Gasteiger partial charge < -0.3 is 24.5 Å². The molecule has 3 N–H and O–H groups in total. The zero-order valence-corrected chi connectivity index (χ0v) is 17.0. The van der Waals surface area contributed by atoms with Crippen LogP contribution in [0.4, 0.5) is 13.6 Å². The van der Waals surface area contributed by atoms with Crippen molar-refractivity contribution in [3.05, 3.63) is 53.7 Å². The summed E-state index contributed by atoms with van der Waals surface area (Å²) in [7, 11) is 2.75. The van der Waals surface area contributed by atoms with E-state index >= 15 is 0 Å². The molecule has 3 amide bonds. The van der Waals surface area contributed by atoms with Crippen LogP contribution in [0, 0.1) is 23.5 Å². The monoisotopic (exact) mass is 441 g/mol. The van der Waals surface area contributed by atoms with E-state index in [0.29, 0.717) is 16.5 Å². The topological polar surface area (TPSA) is 102 Å². The van der Waals surface area contributed by atoms with Crippen molar-refractivity contribution < 1.29 is 33.0 Å². The molecule has 0 spiro atoms. The minimum absolute atomic E-state index is 0.0219.